The van der Waals surface area contributed by atoms with Gasteiger partial charge in [-0.15, -0.1) is 0 Å². The molecule has 3 N–H and O–H groups in total. The average Bonchev–Trinajstić information content (AvgIpc) is 2.30. The minimum absolute atomic E-state index is 0.0259. The number of carbonyl (C=O) groups excluding carboxylic acids is 1. The van der Waals surface area contributed by atoms with Crippen LogP contribution in [0.4, 0.5) is 11.5 Å². The molecule has 0 radical (unpaired) electrons. The number of nitrogens with one attached hydrogen (secondary N) is 1. The van der Waals surface area contributed by atoms with Crippen LogP contribution in [-0.4, -0.2) is 15.9 Å². The van der Waals surface area contributed by atoms with Gasteiger partial charge in [0.15, 0.2) is 0 Å². The Hall–Kier alpha value is -1.85. The first-order valence-corrected chi connectivity index (χ1v) is 6.13. The van der Waals surface area contributed by atoms with Crippen molar-refractivity contribution in [3.63, 3.8) is 0 Å². The number of hydrogen-bond acceptors (Lipinski definition) is 4. The maximum absolute atomic E-state index is 11.8. The Kier molecular flexibility index (Phi) is 4.19. The molecule has 2 aromatic rings. The molecule has 5 nitrogen and oxygen atoms in total. The first-order valence-electron chi connectivity index (χ1n) is 5.38. The van der Waals surface area contributed by atoms with Crippen LogP contribution >= 0.6 is 23.2 Å². The summed E-state index contributed by atoms with van der Waals surface area (Å²) >= 11 is 11.4. The smallest absolute Gasteiger partial charge is 0.230 e. The summed E-state index contributed by atoms with van der Waals surface area (Å²) in [6.45, 7) is 0. The fourth-order valence-electron chi connectivity index (χ4n) is 1.51. The van der Waals surface area contributed by atoms with E-state index in [4.69, 9.17) is 28.9 Å². The quantitative estimate of drug-likeness (QED) is 0.518. The third-order valence-electron chi connectivity index (χ3n) is 2.34. The van der Waals surface area contributed by atoms with E-state index in [1.807, 2.05) is 6.07 Å². The van der Waals surface area contributed by atoms with Crippen LogP contribution in [-0.2, 0) is 11.2 Å². The maximum atomic E-state index is 11.8. The maximum Gasteiger partial charge on any atom is 0.230 e. The molecule has 98 valence electrons. The van der Waals surface area contributed by atoms with Gasteiger partial charge in [0.25, 0.3) is 0 Å². The van der Waals surface area contributed by atoms with Gasteiger partial charge in [-0.1, -0.05) is 29.8 Å². The van der Waals surface area contributed by atoms with E-state index in [1.165, 1.54) is 6.07 Å². The molecule has 1 aromatic carbocycles. The van der Waals surface area contributed by atoms with Crippen molar-refractivity contribution in [3.05, 3.63) is 46.3 Å². The van der Waals surface area contributed by atoms with Gasteiger partial charge in [-0.2, -0.15) is 0 Å². The van der Waals surface area contributed by atoms with E-state index in [0.29, 0.717) is 5.69 Å². The van der Waals surface area contributed by atoms with Crippen molar-refractivity contribution in [2.24, 2.45) is 0 Å². The van der Waals surface area contributed by atoms with Gasteiger partial charge in [0.05, 0.1) is 6.42 Å². The van der Waals surface area contributed by atoms with Gasteiger partial charge in [0.1, 0.15) is 11.0 Å². The topological polar surface area (TPSA) is 80.9 Å². The lowest BCUT2D eigenvalue weighted by molar-refractivity contribution is -0.115. The van der Waals surface area contributed by atoms with E-state index in [0.717, 1.165) is 5.56 Å². The molecule has 0 fully saturated rings. The number of halogens is 2. The van der Waals surface area contributed by atoms with Crippen LogP contribution in [0.2, 0.25) is 10.4 Å². The highest BCUT2D eigenvalue weighted by molar-refractivity contribution is 6.32. The largest absolute Gasteiger partial charge is 0.398 e. The molecule has 2 rings (SSSR count). The van der Waals surface area contributed by atoms with E-state index in [-0.39, 0.29) is 28.6 Å². The number of benzene rings is 1. The van der Waals surface area contributed by atoms with E-state index < -0.39 is 0 Å². The van der Waals surface area contributed by atoms with Gasteiger partial charge in [0.2, 0.25) is 11.2 Å². The molecule has 0 unspecified atom stereocenters. The second kappa shape index (κ2) is 5.86. The summed E-state index contributed by atoms with van der Waals surface area (Å²) in [5.41, 5.74) is 7.07. The molecule has 1 heterocycles. The molecule has 0 bridgehead atoms. The van der Waals surface area contributed by atoms with E-state index in [1.54, 1.807) is 18.2 Å². The first-order chi connectivity index (χ1) is 9.04. The van der Waals surface area contributed by atoms with Crippen molar-refractivity contribution in [2.45, 2.75) is 6.42 Å². The zero-order valence-electron chi connectivity index (χ0n) is 9.73. The molecule has 1 amide bonds. The molecule has 0 aliphatic carbocycles. The predicted octanol–water partition coefficient (Wildman–Crippen LogP) is 2.55. The van der Waals surface area contributed by atoms with Gasteiger partial charge in [-0.3, -0.25) is 4.79 Å². The van der Waals surface area contributed by atoms with Gasteiger partial charge < -0.3 is 11.1 Å². The molecule has 0 atom stereocenters. The van der Waals surface area contributed by atoms with Crippen molar-refractivity contribution in [3.8, 4) is 0 Å². The fraction of sp³-hybridized carbons (Fsp3) is 0.0833. The van der Waals surface area contributed by atoms with Crippen LogP contribution in [0.5, 0.6) is 0 Å². The van der Waals surface area contributed by atoms with Gasteiger partial charge in [0, 0.05) is 11.8 Å². The van der Waals surface area contributed by atoms with E-state index in [2.05, 4.69) is 15.3 Å². The Labute approximate surface area is 119 Å². The summed E-state index contributed by atoms with van der Waals surface area (Å²) in [6.07, 6.45) is 0.145. The highest BCUT2D eigenvalue weighted by Gasteiger charge is 2.08. The summed E-state index contributed by atoms with van der Waals surface area (Å²) in [4.78, 5) is 19.4. The molecule has 7 heteroatoms. The molecule has 0 saturated carbocycles. The lowest BCUT2D eigenvalue weighted by atomic mass is 10.1. The zero-order chi connectivity index (χ0) is 13.8. The predicted molar refractivity (Wildman–Crippen MR) is 75.2 cm³/mol. The Morgan fingerprint density at radius 3 is 2.68 bits per heavy atom. The van der Waals surface area contributed by atoms with Gasteiger partial charge >= 0.3 is 0 Å². The Morgan fingerprint density at radius 1 is 1.26 bits per heavy atom. The summed E-state index contributed by atoms with van der Waals surface area (Å²) < 4.78 is 0. The van der Waals surface area contributed by atoms with E-state index in [9.17, 15) is 4.79 Å². The monoisotopic (exact) mass is 296 g/mol. The number of nitrogens with zero attached hydrogens (tertiary/aromatic N) is 2. The third kappa shape index (κ3) is 3.81. The number of nitrogens with two attached hydrogens (primary N) is 1. The minimum atomic E-state index is -0.260. The molecule has 0 aliphatic rings. The first kappa shape index (κ1) is 13.6. The number of carbonyl (C=O) groups is 1. The standard InChI is InChI=1S/C12H10Cl2N4O/c13-9-6-10(18-12(14)16-9)17-11(19)5-7-3-1-2-4-8(7)15/h1-4,6H,5,15H2,(H,16,17,18,19). The van der Waals surface area contributed by atoms with Gasteiger partial charge in [-0.05, 0) is 23.2 Å². The number of anilines is 2. The van der Waals surface area contributed by atoms with Crippen molar-refractivity contribution in [2.75, 3.05) is 11.1 Å². The molecule has 0 saturated heterocycles. The lowest BCUT2D eigenvalue weighted by Gasteiger charge is -2.06. The number of amides is 1. The second-order valence-corrected chi connectivity index (χ2v) is 4.49. The number of nitrogen functional groups attached to an aromatic ring is 1. The van der Waals surface area contributed by atoms with Crippen LogP contribution in [0, 0.1) is 0 Å². The SMILES string of the molecule is Nc1ccccc1CC(=O)Nc1cc(Cl)nc(Cl)n1. The lowest BCUT2D eigenvalue weighted by Crippen LogP contribution is -2.16. The third-order valence-corrected chi connectivity index (χ3v) is 2.70. The normalized spacial score (nSPS) is 10.2. The van der Waals surface area contributed by atoms with Crippen LogP contribution in [0.15, 0.2) is 30.3 Å². The number of hydrogen-bond donors (Lipinski definition) is 2. The Morgan fingerprint density at radius 2 is 2.00 bits per heavy atom. The summed E-state index contributed by atoms with van der Waals surface area (Å²) in [5.74, 6) is -0.00626. The molecule has 19 heavy (non-hydrogen) atoms. The summed E-state index contributed by atoms with van der Waals surface area (Å²) in [5, 5.41) is 2.72. The van der Waals surface area contributed by atoms with Crippen molar-refractivity contribution in [1.29, 1.82) is 0 Å². The number of para-hydroxylation sites is 1. The fourth-order valence-corrected chi connectivity index (χ4v) is 1.92. The van der Waals surface area contributed by atoms with Crippen LogP contribution in [0.25, 0.3) is 0 Å². The van der Waals surface area contributed by atoms with Crippen LogP contribution in [0.3, 0.4) is 0 Å². The molecular weight excluding hydrogens is 287 g/mol. The van der Waals surface area contributed by atoms with Crippen LogP contribution in [0.1, 0.15) is 5.56 Å². The second-order valence-electron chi connectivity index (χ2n) is 3.77. The number of aromatic nitrogens is 2. The average molecular weight is 297 g/mol. The van der Waals surface area contributed by atoms with Crippen molar-refractivity contribution >= 4 is 40.6 Å². The van der Waals surface area contributed by atoms with E-state index >= 15 is 0 Å². The molecule has 0 spiro atoms. The zero-order valence-corrected chi connectivity index (χ0v) is 11.2. The summed E-state index contributed by atoms with van der Waals surface area (Å²) in [7, 11) is 0. The minimum Gasteiger partial charge on any atom is -0.398 e. The Balaban J connectivity index is 2.07. The van der Waals surface area contributed by atoms with Crippen LogP contribution < -0.4 is 11.1 Å². The Bertz CT molecular complexity index is 598. The highest BCUT2D eigenvalue weighted by Crippen LogP contribution is 2.16. The summed E-state index contributed by atoms with van der Waals surface area (Å²) in [6, 6.07) is 8.56. The molecule has 1 aromatic heterocycles. The van der Waals surface area contributed by atoms with Gasteiger partial charge in [-0.25, -0.2) is 9.97 Å². The van der Waals surface area contributed by atoms with Crippen molar-refractivity contribution < 1.29 is 4.79 Å². The number of rotatable bonds is 3. The molecular formula is C12H10Cl2N4O. The van der Waals surface area contributed by atoms with Crippen molar-refractivity contribution in [1.82, 2.24) is 9.97 Å². The highest BCUT2D eigenvalue weighted by atomic mass is 35.5. The molecule has 0 aliphatic heterocycles.